The molecule has 0 spiro atoms. The van der Waals surface area contributed by atoms with Gasteiger partial charge in [0.05, 0.1) is 11.9 Å². The molecule has 1 amide bonds. The van der Waals surface area contributed by atoms with E-state index in [1.165, 1.54) is 18.7 Å². The number of anilines is 3. The molecule has 1 fully saturated rings. The van der Waals surface area contributed by atoms with Crippen LogP contribution in [-0.2, 0) is 9.59 Å². The maximum absolute atomic E-state index is 12.1. The second-order valence-electron chi connectivity index (χ2n) is 5.33. The minimum Gasteiger partial charge on any atom is -0.340 e. The standard InChI is InChI=1S/C17H17N3O2S/c1-12(21)23-15-9-17(22)20(11-15)14-7-8-16(18-10-14)19-13-5-3-2-4-6-13/h2-8,10,15H,9,11H2,1H3,(H,18,19). The van der Waals surface area contributed by atoms with E-state index in [0.717, 1.165) is 17.2 Å². The number of hydrogen-bond acceptors (Lipinski definition) is 5. The Morgan fingerprint density at radius 2 is 2.04 bits per heavy atom. The van der Waals surface area contributed by atoms with Crippen molar-refractivity contribution in [1.82, 2.24) is 4.98 Å². The molecule has 1 N–H and O–H groups in total. The van der Waals surface area contributed by atoms with Crippen molar-refractivity contribution in [1.29, 1.82) is 0 Å². The third kappa shape index (κ3) is 3.90. The van der Waals surface area contributed by atoms with Crippen LogP contribution >= 0.6 is 11.8 Å². The van der Waals surface area contributed by atoms with Gasteiger partial charge in [-0.1, -0.05) is 30.0 Å². The third-order valence-electron chi connectivity index (χ3n) is 3.53. The van der Waals surface area contributed by atoms with Crippen molar-refractivity contribution in [3.8, 4) is 0 Å². The SMILES string of the molecule is CC(=O)SC1CC(=O)N(c2ccc(Nc3ccccc3)nc2)C1. The monoisotopic (exact) mass is 327 g/mol. The van der Waals surface area contributed by atoms with Crippen LogP contribution in [-0.4, -0.2) is 27.8 Å². The van der Waals surface area contributed by atoms with Crippen LogP contribution in [0.2, 0.25) is 0 Å². The van der Waals surface area contributed by atoms with Crippen molar-refractivity contribution < 1.29 is 9.59 Å². The number of thioether (sulfide) groups is 1. The van der Waals surface area contributed by atoms with E-state index in [9.17, 15) is 9.59 Å². The first-order valence-corrected chi connectivity index (χ1v) is 8.25. The first kappa shape index (κ1) is 15.6. The minimum absolute atomic E-state index is 0.0297. The summed E-state index contributed by atoms with van der Waals surface area (Å²) in [5.74, 6) is 0.760. The van der Waals surface area contributed by atoms with Crippen molar-refractivity contribution in [3.05, 3.63) is 48.7 Å². The van der Waals surface area contributed by atoms with Gasteiger partial charge < -0.3 is 10.2 Å². The molecule has 1 aliphatic heterocycles. The molecule has 1 aromatic carbocycles. The number of aromatic nitrogens is 1. The molecule has 1 aromatic heterocycles. The lowest BCUT2D eigenvalue weighted by atomic mass is 10.3. The Kier molecular flexibility index (Phi) is 4.62. The van der Waals surface area contributed by atoms with Crippen LogP contribution in [0.15, 0.2) is 48.7 Å². The number of rotatable bonds is 4. The summed E-state index contributed by atoms with van der Waals surface area (Å²) in [4.78, 5) is 29.3. The fourth-order valence-corrected chi connectivity index (χ4v) is 3.45. The lowest BCUT2D eigenvalue weighted by Crippen LogP contribution is -2.25. The highest BCUT2D eigenvalue weighted by Gasteiger charge is 2.31. The normalized spacial score (nSPS) is 17.3. The fraction of sp³-hybridized carbons (Fsp3) is 0.235. The highest BCUT2D eigenvalue weighted by atomic mass is 32.2. The second kappa shape index (κ2) is 6.83. The number of pyridine rings is 1. The minimum atomic E-state index is 0.0297. The summed E-state index contributed by atoms with van der Waals surface area (Å²) in [6, 6.07) is 13.5. The number of carbonyl (C=O) groups excluding carboxylic acids is 2. The summed E-state index contributed by atoms with van der Waals surface area (Å²) in [7, 11) is 0. The number of carbonyl (C=O) groups is 2. The molecule has 118 valence electrons. The predicted molar refractivity (Wildman–Crippen MR) is 93.0 cm³/mol. The average molecular weight is 327 g/mol. The van der Waals surface area contributed by atoms with E-state index in [1.54, 1.807) is 11.1 Å². The van der Waals surface area contributed by atoms with Crippen LogP contribution in [0.3, 0.4) is 0 Å². The van der Waals surface area contributed by atoms with Gasteiger partial charge in [0.1, 0.15) is 5.82 Å². The van der Waals surface area contributed by atoms with E-state index >= 15 is 0 Å². The van der Waals surface area contributed by atoms with Gasteiger partial charge >= 0.3 is 0 Å². The van der Waals surface area contributed by atoms with Crippen LogP contribution in [0.1, 0.15) is 13.3 Å². The van der Waals surface area contributed by atoms with Gasteiger partial charge in [-0.25, -0.2) is 4.98 Å². The van der Waals surface area contributed by atoms with E-state index in [0.29, 0.717) is 13.0 Å². The molecule has 5 nitrogen and oxygen atoms in total. The topological polar surface area (TPSA) is 62.3 Å². The smallest absolute Gasteiger partial charge is 0.228 e. The van der Waals surface area contributed by atoms with Crippen molar-refractivity contribution in [3.63, 3.8) is 0 Å². The zero-order chi connectivity index (χ0) is 16.2. The summed E-state index contributed by atoms with van der Waals surface area (Å²) in [6.07, 6.45) is 2.08. The van der Waals surface area contributed by atoms with Crippen LogP contribution in [0.4, 0.5) is 17.2 Å². The third-order valence-corrected chi connectivity index (χ3v) is 4.51. The molecule has 0 aliphatic carbocycles. The summed E-state index contributed by atoms with van der Waals surface area (Å²) < 4.78 is 0. The molecular formula is C17H17N3O2S. The number of para-hydroxylation sites is 1. The quantitative estimate of drug-likeness (QED) is 0.934. The van der Waals surface area contributed by atoms with E-state index in [1.807, 2.05) is 42.5 Å². The van der Waals surface area contributed by atoms with Crippen LogP contribution in [0.5, 0.6) is 0 Å². The number of nitrogens with one attached hydrogen (secondary N) is 1. The van der Waals surface area contributed by atoms with Crippen molar-refractivity contribution in [2.75, 3.05) is 16.8 Å². The molecule has 0 radical (unpaired) electrons. The summed E-state index contributed by atoms with van der Waals surface area (Å²) >= 11 is 1.23. The molecule has 6 heteroatoms. The zero-order valence-corrected chi connectivity index (χ0v) is 13.5. The predicted octanol–water partition coefficient (Wildman–Crippen LogP) is 3.21. The molecule has 1 atom stereocenters. The largest absolute Gasteiger partial charge is 0.340 e. The Hall–Kier alpha value is -2.34. The van der Waals surface area contributed by atoms with E-state index in [4.69, 9.17) is 0 Å². The first-order valence-electron chi connectivity index (χ1n) is 7.37. The lowest BCUT2D eigenvalue weighted by molar-refractivity contribution is -0.117. The number of benzene rings is 1. The van der Waals surface area contributed by atoms with Gasteiger partial charge in [0.15, 0.2) is 5.12 Å². The van der Waals surface area contributed by atoms with Crippen LogP contribution in [0.25, 0.3) is 0 Å². The Morgan fingerprint density at radius 1 is 1.26 bits per heavy atom. The van der Waals surface area contributed by atoms with Gasteiger partial charge in [0.25, 0.3) is 0 Å². The van der Waals surface area contributed by atoms with E-state index < -0.39 is 0 Å². The number of amides is 1. The average Bonchev–Trinajstić information content (AvgIpc) is 2.89. The maximum Gasteiger partial charge on any atom is 0.228 e. The summed E-state index contributed by atoms with van der Waals surface area (Å²) in [5.41, 5.74) is 1.73. The molecule has 3 rings (SSSR count). The van der Waals surface area contributed by atoms with E-state index in [2.05, 4.69) is 10.3 Å². The molecule has 2 aromatic rings. The van der Waals surface area contributed by atoms with Crippen LogP contribution < -0.4 is 10.2 Å². The molecule has 0 saturated carbocycles. The molecular weight excluding hydrogens is 310 g/mol. The van der Waals surface area contributed by atoms with Crippen molar-refractivity contribution in [2.24, 2.45) is 0 Å². The van der Waals surface area contributed by atoms with Gasteiger partial charge in [-0.15, -0.1) is 0 Å². The van der Waals surface area contributed by atoms with Gasteiger partial charge in [0, 0.05) is 30.8 Å². The molecule has 2 heterocycles. The number of nitrogens with zero attached hydrogens (tertiary/aromatic N) is 2. The fourth-order valence-electron chi connectivity index (χ4n) is 2.53. The highest BCUT2D eigenvalue weighted by Crippen LogP contribution is 2.28. The lowest BCUT2D eigenvalue weighted by Gasteiger charge is -2.16. The Bertz CT molecular complexity index is 704. The molecule has 1 saturated heterocycles. The van der Waals surface area contributed by atoms with E-state index in [-0.39, 0.29) is 16.3 Å². The van der Waals surface area contributed by atoms with Crippen LogP contribution in [0, 0.1) is 0 Å². The zero-order valence-electron chi connectivity index (χ0n) is 12.7. The van der Waals surface area contributed by atoms with Gasteiger partial charge in [-0.05, 0) is 24.3 Å². The van der Waals surface area contributed by atoms with Gasteiger partial charge in [-0.3, -0.25) is 9.59 Å². The Morgan fingerprint density at radius 3 is 2.70 bits per heavy atom. The summed E-state index contributed by atoms with van der Waals surface area (Å²) in [6.45, 7) is 2.08. The maximum atomic E-state index is 12.1. The Balaban J connectivity index is 1.67. The van der Waals surface area contributed by atoms with Gasteiger partial charge in [-0.2, -0.15) is 0 Å². The highest BCUT2D eigenvalue weighted by molar-refractivity contribution is 8.14. The van der Waals surface area contributed by atoms with Gasteiger partial charge in [0.2, 0.25) is 5.91 Å². The van der Waals surface area contributed by atoms with Crippen molar-refractivity contribution >= 4 is 40.0 Å². The first-order chi connectivity index (χ1) is 11.1. The summed E-state index contributed by atoms with van der Waals surface area (Å²) in [5, 5.41) is 3.28. The molecule has 0 bridgehead atoms. The van der Waals surface area contributed by atoms with Crippen molar-refractivity contribution in [2.45, 2.75) is 18.6 Å². The Labute approximate surface area is 139 Å². The second-order valence-corrected chi connectivity index (χ2v) is 6.81. The molecule has 1 aliphatic rings. The molecule has 1 unspecified atom stereocenters. The number of hydrogen-bond donors (Lipinski definition) is 1. The molecule has 23 heavy (non-hydrogen) atoms.